The lowest BCUT2D eigenvalue weighted by molar-refractivity contribution is -0.177. The fraction of sp³-hybridized carbons (Fsp3) is 0.944. The molecule has 0 aliphatic carbocycles. The highest BCUT2D eigenvalue weighted by Crippen LogP contribution is 2.40. The SMILES string of the molecule is CCC[C@H](C[C@@H]1CC[C@H]([C@@H](C)[C@@H]2OC(=O)[C@H](C)[C@H]3CC[C@H](O3)[C@H](C)[C@H](CCC)OC(=O)[C@H](C)[C@H]3CC[C@H](O3)[C@H]2C)O1)N(C)C. The summed E-state index contributed by atoms with van der Waals surface area (Å²) in [6, 6.07) is 0.506. The molecule has 254 valence electrons. The van der Waals surface area contributed by atoms with E-state index in [4.69, 9.17) is 23.7 Å². The minimum Gasteiger partial charge on any atom is -0.462 e. The summed E-state index contributed by atoms with van der Waals surface area (Å²) in [5.41, 5.74) is 0. The van der Waals surface area contributed by atoms with Crippen LogP contribution in [0.1, 0.15) is 119 Å². The summed E-state index contributed by atoms with van der Waals surface area (Å²) in [7, 11) is 4.32. The number of hydrogen-bond donors (Lipinski definition) is 0. The van der Waals surface area contributed by atoms with Crippen LogP contribution in [0.2, 0.25) is 0 Å². The molecule has 0 aromatic heterocycles. The van der Waals surface area contributed by atoms with Crippen molar-refractivity contribution in [3.8, 4) is 0 Å². The Hall–Kier alpha value is -1.22. The van der Waals surface area contributed by atoms with Crippen molar-refractivity contribution in [2.45, 2.75) is 174 Å². The zero-order valence-corrected chi connectivity index (χ0v) is 29.2. The standard InChI is InChI=1S/C36H63NO7/c1-10-12-26(37(8)9)20-27-14-15-30(40-27)22(4)34-23(5)31-17-19-32(42-31)24(6)35(38)43-28(13-11-2)21(3)29-16-18-33(41-29)25(7)36(39)44-34/h21-34H,10-20H2,1-9H3/t21-,22-,23-,24-,25-,26-,27+,28+,29+,30-,31+,32-,33-,34+/m1/s1. The quantitative estimate of drug-likeness (QED) is 0.268. The maximum Gasteiger partial charge on any atom is 0.311 e. The van der Waals surface area contributed by atoms with Crippen LogP contribution in [0.5, 0.6) is 0 Å². The fourth-order valence-corrected chi connectivity index (χ4v) is 8.28. The van der Waals surface area contributed by atoms with Gasteiger partial charge in [-0.25, -0.2) is 0 Å². The largest absolute Gasteiger partial charge is 0.462 e. The van der Waals surface area contributed by atoms with Gasteiger partial charge in [0.25, 0.3) is 0 Å². The molecule has 0 unspecified atom stereocenters. The highest BCUT2D eigenvalue weighted by atomic mass is 16.6. The molecule has 0 aromatic rings. The van der Waals surface area contributed by atoms with Gasteiger partial charge in [0.15, 0.2) is 0 Å². The Labute approximate surface area is 267 Å². The third kappa shape index (κ3) is 8.38. The Balaban J connectivity index is 1.53. The van der Waals surface area contributed by atoms with Gasteiger partial charge in [-0.1, -0.05) is 47.5 Å². The summed E-state index contributed by atoms with van der Waals surface area (Å²) in [5, 5.41) is 0. The third-order valence-corrected chi connectivity index (χ3v) is 11.5. The van der Waals surface area contributed by atoms with Gasteiger partial charge in [0.2, 0.25) is 0 Å². The highest BCUT2D eigenvalue weighted by molar-refractivity contribution is 5.73. The maximum atomic E-state index is 13.8. The molecule has 8 nitrogen and oxygen atoms in total. The zero-order valence-electron chi connectivity index (χ0n) is 29.2. The minimum absolute atomic E-state index is 0.0196. The smallest absolute Gasteiger partial charge is 0.311 e. The van der Waals surface area contributed by atoms with Gasteiger partial charge in [-0.15, -0.1) is 0 Å². The van der Waals surface area contributed by atoms with Gasteiger partial charge in [0.1, 0.15) is 12.2 Å². The predicted molar refractivity (Wildman–Crippen MR) is 171 cm³/mol. The number of hydrogen-bond acceptors (Lipinski definition) is 8. The first-order chi connectivity index (χ1) is 20.9. The van der Waals surface area contributed by atoms with Crippen molar-refractivity contribution >= 4 is 11.9 Å². The molecule has 4 bridgehead atoms. The average molecular weight is 622 g/mol. The topological polar surface area (TPSA) is 83.5 Å². The number of carbonyl (C=O) groups is 2. The Bertz CT molecular complexity index is 928. The molecular formula is C36H63NO7. The van der Waals surface area contributed by atoms with Crippen LogP contribution in [0.4, 0.5) is 0 Å². The van der Waals surface area contributed by atoms with Crippen LogP contribution in [0.15, 0.2) is 0 Å². The molecular weight excluding hydrogens is 558 g/mol. The number of ether oxygens (including phenoxy) is 5. The van der Waals surface area contributed by atoms with E-state index < -0.39 is 0 Å². The monoisotopic (exact) mass is 621 g/mol. The van der Waals surface area contributed by atoms with E-state index in [1.807, 2.05) is 13.8 Å². The number of carbonyl (C=O) groups excluding carboxylic acids is 2. The van der Waals surface area contributed by atoms with E-state index >= 15 is 0 Å². The van der Waals surface area contributed by atoms with Crippen molar-refractivity contribution in [2.75, 3.05) is 14.1 Å². The first-order valence-electron chi connectivity index (χ1n) is 18.0. The Morgan fingerprint density at radius 1 is 0.727 bits per heavy atom. The molecule has 0 radical (unpaired) electrons. The molecule has 4 fully saturated rings. The van der Waals surface area contributed by atoms with Crippen LogP contribution in [0, 0.1) is 29.6 Å². The van der Waals surface area contributed by atoms with Crippen LogP contribution in [0.25, 0.3) is 0 Å². The molecule has 8 heteroatoms. The molecule has 0 spiro atoms. The molecule has 0 aromatic carbocycles. The van der Waals surface area contributed by atoms with Crippen molar-refractivity contribution in [1.82, 2.24) is 4.90 Å². The van der Waals surface area contributed by atoms with Gasteiger partial charge >= 0.3 is 11.9 Å². The summed E-state index contributed by atoms with van der Waals surface area (Å²) in [4.78, 5) is 29.5. The summed E-state index contributed by atoms with van der Waals surface area (Å²) in [5.74, 6) is -1.06. The first-order valence-corrected chi connectivity index (χ1v) is 18.0. The number of nitrogens with zero attached hydrogens (tertiary/aromatic N) is 1. The summed E-state index contributed by atoms with van der Waals surface area (Å²) < 4.78 is 32.5. The number of cyclic esters (lactones) is 2. The van der Waals surface area contributed by atoms with E-state index in [0.29, 0.717) is 6.04 Å². The summed E-state index contributed by atoms with van der Waals surface area (Å²) in [6.07, 6.45) is 9.49. The van der Waals surface area contributed by atoms with Crippen LogP contribution in [-0.2, 0) is 33.3 Å². The van der Waals surface area contributed by atoms with Crippen molar-refractivity contribution in [3.63, 3.8) is 0 Å². The molecule has 4 rings (SSSR count). The van der Waals surface area contributed by atoms with Crippen molar-refractivity contribution in [3.05, 3.63) is 0 Å². The molecule has 0 N–H and O–H groups in total. The van der Waals surface area contributed by atoms with Gasteiger partial charge in [-0.2, -0.15) is 0 Å². The summed E-state index contributed by atoms with van der Waals surface area (Å²) >= 11 is 0. The van der Waals surface area contributed by atoms with E-state index in [1.54, 1.807) is 0 Å². The second-order valence-corrected chi connectivity index (χ2v) is 14.9. The Kier molecular flexibility index (Phi) is 13.0. The van der Waals surface area contributed by atoms with E-state index in [-0.39, 0.29) is 90.4 Å². The Morgan fingerprint density at radius 2 is 1.30 bits per heavy atom. The van der Waals surface area contributed by atoms with E-state index in [1.165, 1.54) is 0 Å². The van der Waals surface area contributed by atoms with E-state index in [9.17, 15) is 9.59 Å². The van der Waals surface area contributed by atoms with Crippen LogP contribution < -0.4 is 0 Å². The second-order valence-electron chi connectivity index (χ2n) is 14.9. The third-order valence-electron chi connectivity index (χ3n) is 11.5. The van der Waals surface area contributed by atoms with Crippen LogP contribution >= 0.6 is 0 Å². The lowest BCUT2D eigenvalue weighted by Gasteiger charge is -2.37. The number of fused-ring (bicyclic) bond motifs is 4. The molecule has 4 aliphatic heterocycles. The lowest BCUT2D eigenvalue weighted by atomic mass is 9.84. The fourth-order valence-electron chi connectivity index (χ4n) is 8.28. The van der Waals surface area contributed by atoms with Gasteiger partial charge in [-0.3, -0.25) is 9.59 Å². The van der Waals surface area contributed by atoms with Gasteiger partial charge < -0.3 is 28.6 Å². The first kappa shape index (κ1) is 35.6. The van der Waals surface area contributed by atoms with Gasteiger partial charge in [-0.05, 0) is 85.7 Å². The van der Waals surface area contributed by atoms with Crippen molar-refractivity contribution in [1.29, 1.82) is 0 Å². The number of esters is 2. The molecule has 14 atom stereocenters. The molecule has 0 saturated carbocycles. The van der Waals surface area contributed by atoms with Crippen LogP contribution in [-0.4, -0.2) is 85.8 Å². The predicted octanol–water partition coefficient (Wildman–Crippen LogP) is 6.57. The molecule has 4 aliphatic rings. The highest BCUT2D eigenvalue weighted by Gasteiger charge is 2.46. The lowest BCUT2D eigenvalue weighted by Crippen LogP contribution is -2.45. The summed E-state index contributed by atoms with van der Waals surface area (Å²) in [6.45, 7) is 14.7. The minimum atomic E-state index is -0.376. The maximum absolute atomic E-state index is 13.8. The Morgan fingerprint density at radius 3 is 1.86 bits per heavy atom. The second kappa shape index (κ2) is 16.1. The van der Waals surface area contributed by atoms with Gasteiger partial charge in [0.05, 0.1) is 48.5 Å². The molecule has 4 heterocycles. The average Bonchev–Trinajstić information content (AvgIpc) is 3.78. The van der Waals surface area contributed by atoms with E-state index in [2.05, 4.69) is 53.6 Å². The molecule has 44 heavy (non-hydrogen) atoms. The molecule has 4 saturated heterocycles. The zero-order chi connectivity index (χ0) is 32.1. The number of rotatable bonds is 9. The molecule has 0 amide bonds. The van der Waals surface area contributed by atoms with E-state index in [0.717, 1.165) is 70.6 Å². The normalized spacial score (nSPS) is 41.9. The van der Waals surface area contributed by atoms with Crippen molar-refractivity contribution in [2.24, 2.45) is 29.6 Å². The van der Waals surface area contributed by atoms with Crippen molar-refractivity contribution < 1.29 is 33.3 Å². The van der Waals surface area contributed by atoms with Crippen LogP contribution in [0.3, 0.4) is 0 Å². The van der Waals surface area contributed by atoms with Gasteiger partial charge in [0, 0.05) is 23.8 Å².